The van der Waals surface area contributed by atoms with Gasteiger partial charge in [-0.1, -0.05) is 42.1 Å². The van der Waals surface area contributed by atoms with Crippen LogP contribution in [0, 0.1) is 0 Å². The Balaban J connectivity index is 1.79. The average molecular weight is 404 g/mol. The topological polar surface area (TPSA) is 61.5 Å². The fraction of sp³-hybridized carbons (Fsp3) is 0.211. The van der Waals surface area contributed by atoms with E-state index >= 15 is 0 Å². The summed E-state index contributed by atoms with van der Waals surface area (Å²) < 4.78 is 38.3. The Kier molecular flexibility index (Phi) is 6.59. The number of halogens is 2. The van der Waals surface area contributed by atoms with Crippen LogP contribution in [0.3, 0.4) is 0 Å². The molecule has 2 aromatic carbocycles. The van der Waals surface area contributed by atoms with Gasteiger partial charge < -0.3 is 9.47 Å². The monoisotopic (exact) mass is 404 g/mol. The summed E-state index contributed by atoms with van der Waals surface area (Å²) in [5.41, 5.74) is 1.69. The summed E-state index contributed by atoms with van der Waals surface area (Å²) in [7, 11) is 1.53. The van der Waals surface area contributed by atoms with Gasteiger partial charge in [-0.3, -0.25) is 0 Å². The Morgan fingerprint density at radius 2 is 1.93 bits per heavy atom. The summed E-state index contributed by atoms with van der Waals surface area (Å²) in [5, 5.41) is 11.6. The van der Waals surface area contributed by atoms with Crippen molar-refractivity contribution in [2.45, 2.75) is 18.2 Å². The number of thioether (sulfide) groups is 1. The molecule has 1 heterocycles. The van der Waals surface area contributed by atoms with Crippen LogP contribution >= 0.6 is 11.8 Å². The zero-order chi connectivity index (χ0) is 19.9. The van der Waals surface area contributed by atoms with E-state index in [-0.39, 0.29) is 5.16 Å². The van der Waals surface area contributed by atoms with Crippen molar-refractivity contribution in [1.82, 2.24) is 14.9 Å². The molecule has 0 bridgehead atoms. The largest absolute Gasteiger partial charge is 0.493 e. The summed E-state index contributed by atoms with van der Waals surface area (Å²) in [6.07, 6.45) is 0.389. The highest BCUT2D eigenvalue weighted by molar-refractivity contribution is 7.98. The van der Waals surface area contributed by atoms with Gasteiger partial charge in [0.25, 0.3) is 6.43 Å². The van der Waals surface area contributed by atoms with Gasteiger partial charge in [0.2, 0.25) is 11.0 Å². The maximum atomic E-state index is 13.1. The lowest BCUT2D eigenvalue weighted by atomic mass is 10.2. The molecule has 0 radical (unpaired) electrons. The number of rotatable bonds is 8. The number of hydrogen-bond donors (Lipinski definition) is 0. The predicted molar refractivity (Wildman–Crippen MR) is 104 cm³/mol. The fourth-order valence-electron chi connectivity index (χ4n) is 2.39. The van der Waals surface area contributed by atoms with E-state index in [0.717, 1.165) is 10.2 Å². The molecule has 28 heavy (non-hydrogen) atoms. The summed E-state index contributed by atoms with van der Waals surface area (Å²) >= 11 is 1.18. The van der Waals surface area contributed by atoms with E-state index in [2.05, 4.69) is 15.3 Å². The minimum absolute atomic E-state index is 0.279. The molecule has 0 spiro atoms. The Labute approximate surface area is 165 Å². The molecule has 1 aromatic heterocycles. The number of hydrogen-bond acceptors (Lipinski definition) is 6. The normalized spacial score (nSPS) is 11.3. The lowest BCUT2D eigenvalue weighted by Gasteiger charge is -2.11. The highest BCUT2D eigenvalue weighted by Gasteiger charge is 2.19. The van der Waals surface area contributed by atoms with Crippen molar-refractivity contribution in [1.29, 1.82) is 0 Å². The smallest absolute Gasteiger partial charge is 0.299 e. The van der Waals surface area contributed by atoms with Gasteiger partial charge in [-0.25, -0.2) is 8.78 Å². The van der Waals surface area contributed by atoms with Gasteiger partial charge in [0.1, 0.15) is 6.61 Å². The predicted octanol–water partition coefficient (Wildman–Crippen LogP) is 4.41. The van der Waals surface area contributed by atoms with Crippen LogP contribution < -0.4 is 9.47 Å². The minimum atomic E-state index is -2.77. The second-order valence-corrected chi connectivity index (χ2v) is 6.36. The third kappa shape index (κ3) is 4.66. The molecule has 0 aliphatic rings. The first-order valence-corrected chi connectivity index (χ1v) is 9.51. The van der Waals surface area contributed by atoms with E-state index in [9.17, 15) is 8.78 Å². The lowest BCUT2D eigenvalue weighted by molar-refractivity contribution is 0.135. The van der Waals surface area contributed by atoms with Crippen molar-refractivity contribution in [3.05, 3.63) is 65.5 Å². The molecular weight excluding hydrogens is 386 g/mol. The second kappa shape index (κ2) is 9.32. The fourth-order valence-corrected chi connectivity index (χ4v) is 2.83. The van der Waals surface area contributed by atoms with Crippen LogP contribution in [0.15, 0.2) is 58.8 Å². The van der Waals surface area contributed by atoms with Gasteiger partial charge in [-0.15, -0.1) is 10.2 Å². The minimum Gasteiger partial charge on any atom is -0.493 e. The van der Waals surface area contributed by atoms with E-state index in [1.54, 1.807) is 24.5 Å². The first kappa shape index (κ1) is 19.8. The van der Waals surface area contributed by atoms with Crippen LogP contribution in [0.5, 0.6) is 11.5 Å². The number of alkyl halides is 2. The molecule has 3 rings (SSSR count). The highest BCUT2D eigenvalue weighted by Crippen LogP contribution is 2.28. The van der Waals surface area contributed by atoms with Crippen LogP contribution in [0.4, 0.5) is 8.78 Å². The van der Waals surface area contributed by atoms with E-state index in [4.69, 9.17) is 9.47 Å². The van der Waals surface area contributed by atoms with Crippen molar-refractivity contribution in [3.63, 3.8) is 0 Å². The third-order valence-electron chi connectivity index (χ3n) is 3.76. The van der Waals surface area contributed by atoms with Gasteiger partial charge in [0, 0.05) is 0 Å². The average Bonchev–Trinajstić information content (AvgIpc) is 3.15. The third-order valence-corrected chi connectivity index (χ3v) is 4.38. The van der Waals surface area contributed by atoms with Crippen LogP contribution in [0.1, 0.15) is 23.4 Å². The number of nitrogens with zero attached hydrogens (tertiary/aromatic N) is 4. The number of aromatic nitrogens is 3. The van der Waals surface area contributed by atoms with Crippen LogP contribution in [-0.4, -0.2) is 34.5 Å². The summed E-state index contributed by atoms with van der Waals surface area (Å²) in [4.78, 5) is 0. The SMILES string of the molecule is COc1cc(/C=N\n2c(SC)nnc2C(F)F)ccc1OCc1ccccc1. The second-order valence-electron chi connectivity index (χ2n) is 5.59. The Hall–Kier alpha value is -2.94. The molecule has 0 amide bonds. The van der Waals surface area contributed by atoms with E-state index in [1.807, 2.05) is 30.3 Å². The Bertz CT molecular complexity index is 948. The summed E-state index contributed by atoms with van der Waals surface area (Å²) in [6.45, 7) is 0.403. The molecule has 0 atom stereocenters. The molecule has 0 unspecified atom stereocenters. The molecular formula is C19H18F2N4O2S. The molecule has 0 saturated carbocycles. The summed E-state index contributed by atoms with van der Waals surface area (Å²) in [5.74, 6) is 0.587. The maximum Gasteiger partial charge on any atom is 0.299 e. The van der Waals surface area contributed by atoms with Gasteiger partial charge in [0.15, 0.2) is 11.5 Å². The quantitative estimate of drug-likeness (QED) is 0.411. The van der Waals surface area contributed by atoms with Gasteiger partial charge in [-0.2, -0.15) is 9.78 Å². The van der Waals surface area contributed by atoms with Crippen molar-refractivity contribution in [3.8, 4) is 11.5 Å². The zero-order valence-corrected chi connectivity index (χ0v) is 16.1. The van der Waals surface area contributed by atoms with E-state index in [1.165, 1.54) is 25.1 Å². The van der Waals surface area contributed by atoms with Crippen molar-refractivity contribution in [2.24, 2.45) is 5.10 Å². The number of benzene rings is 2. The van der Waals surface area contributed by atoms with Crippen molar-refractivity contribution >= 4 is 18.0 Å². The molecule has 0 aliphatic carbocycles. The maximum absolute atomic E-state index is 13.1. The van der Waals surface area contributed by atoms with Gasteiger partial charge in [-0.05, 0) is 35.6 Å². The molecule has 0 saturated heterocycles. The number of methoxy groups -OCH3 is 1. The molecule has 3 aromatic rings. The molecule has 9 heteroatoms. The highest BCUT2D eigenvalue weighted by atomic mass is 32.2. The molecule has 6 nitrogen and oxygen atoms in total. The van der Waals surface area contributed by atoms with E-state index < -0.39 is 12.2 Å². The van der Waals surface area contributed by atoms with Crippen LogP contribution in [-0.2, 0) is 6.61 Å². The van der Waals surface area contributed by atoms with Crippen molar-refractivity contribution < 1.29 is 18.3 Å². The lowest BCUT2D eigenvalue weighted by Crippen LogP contribution is -2.01. The Morgan fingerprint density at radius 1 is 1.14 bits per heavy atom. The molecule has 146 valence electrons. The molecule has 0 aliphatic heterocycles. The first-order chi connectivity index (χ1) is 13.6. The van der Waals surface area contributed by atoms with Crippen LogP contribution in [0.25, 0.3) is 0 Å². The summed E-state index contributed by atoms with van der Waals surface area (Å²) in [6, 6.07) is 15.0. The Morgan fingerprint density at radius 3 is 2.61 bits per heavy atom. The first-order valence-electron chi connectivity index (χ1n) is 8.29. The van der Waals surface area contributed by atoms with Crippen molar-refractivity contribution in [2.75, 3.05) is 13.4 Å². The standard InChI is InChI=1S/C19H18F2N4O2S/c1-26-16-10-14(8-9-15(16)27-12-13-6-4-3-5-7-13)11-22-25-18(17(20)21)23-24-19(25)28-2/h3-11,17H,12H2,1-2H3/b22-11-. The molecule has 0 fully saturated rings. The number of ether oxygens (including phenoxy) is 2. The van der Waals surface area contributed by atoms with E-state index in [0.29, 0.717) is 23.7 Å². The zero-order valence-electron chi connectivity index (χ0n) is 15.3. The molecule has 0 N–H and O–H groups in total. The van der Waals surface area contributed by atoms with Crippen LogP contribution in [0.2, 0.25) is 0 Å². The van der Waals surface area contributed by atoms with Gasteiger partial charge >= 0.3 is 0 Å². The van der Waals surface area contributed by atoms with Gasteiger partial charge in [0.05, 0.1) is 13.3 Å².